The summed E-state index contributed by atoms with van der Waals surface area (Å²) >= 11 is 0. The lowest BCUT2D eigenvalue weighted by Gasteiger charge is -2.20. The van der Waals surface area contributed by atoms with E-state index in [2.05, 4.69) is 31.3 Å². The molecule has 0 aromatic rings. The van der Waals surface area contributed by atoms with Gasteiger partial charge >= 0.3 is 5.97 Å². The van der Waals surface area contributed by atoms with Crippen molar-refractivity contribution in [3.8, 4) is 0 Å². The van der Waals surface area contributed by atoms with Crippen LogP contribution in [-0.2, 0) is 14.3 Å². The van der Waals surface area contributed by atoms with E-state index in [4.69, 9.17) is 4.74 Å². The maximum absolute atomic E-state index is 12.5. The van der Waals surface area contributed by atoms with Crippen LogP contribution < -0.4 is 5.32 Å². The first-order chi connectivity index (χ1) is 35.5. The monoisotopic (exact) mass is 1010 g/mol. The van der Waals surface area contributed by atoms with E-state index in [0.29, 0.717) is 19.4 Å². The van der Waals surface area contributed by atoms with Crippen molar-refractivity contribution < 1.29 is 24.5 Å². The highest BCUT2D eigenvalue weighted by atomic mass is 16.5. The number of aliphatic hydroxyl groups excluding tert-OH is 2. The molecule has 1 amide bonds. The maximum Gasteiger partial charge on any atom is 0.305 e. The van der Waals surface area contributed by atoms with Crippen LogP contribution in [-0.4, -0.2) is 47.4 Å². The zero-order valence-electron chi connectivity index (χ0n) is 48.7. The summed E-state index contributed by atoms with van der Waals surface area (Å²) in [7, 11) is 0. The van der Waals surface area contributed by atoms with Crippen molar-refractivity contribution in [3.63, 3.8) is 0 Å². The van der Waals surface area contributed by atoms with Gasteiger partial charge < -0.3 is 20.3 Å². The second-order valence-corrected chi connectivity index (χ2v) is 22.5. The largest absolute Gasteiger partial charge is 0.466 e. The molecule has 0 aliphatic heterocycles. The summed E-state index contributed by atoms with van der Waals surface area (Å²) in [5.74, 6) is -0.0547. The van der Waals surface area contributed by atoms with Crippen LogP contribution >= 0.6 is 0 Å². The quantitative estimate of drug-likeness (QED) is 0.0320. The molecule has 0 rings (SSSR count). The second-order valence-electron chi connectivity index (χ2n) is 22.5. The van der Waals surface area contributed by atoms with Crippen LogP contribution in [0, 0.1) is 0 Å². The van der Waals surface area contributed by atoms with Crippen LogP contribution in [0.5, 0.6) is 0 Å². The molecule has 6 nitrogen and oxygen atoms in total. The first-order valence-corrected chi connectivity index (χ1v) is 32.6. The van der Waals surface area contributed by atoms with E-state index in [0.717, 1.165) is 38.5 Å². The number of rotatable bonds is 61. The van der Waals surface area contributed by atoms with Crippen LogP contribution in [0.15, 0.2) is 24.3 Å². The molecule has 0 saturated carbocycles. The van der Waals surface area contributed by atoms with Gasteiger partial charge in [-0.15, -0.1) is 0 Å². The minimum absolute atomic E-state index is 0.0159. The zero-order valence-corrected chi connectivity index (χ0v) is 48.7. The SMILES string of the molecule is CCCCCCCCCCCCCCC/C=C/C(O)C(CO)NC(=O)CCCCCCCCCC/C=C\CCCCCCCCCCCCCCOC(=O)CCCCCCCCCCCCCCCCCC. The van der Waals surface area contributed by atoms with Gasteiger partial charge in [0.05, 0.1) is 25.4 Å². The molecule has 0 heterocycles. The van der Waals surface area contributed by atoms with Gasteiger partial charge in [-0.2, -0.15) is 0 Å². The number of amides is 1. The Bertz CT molecular complexity index is 1120. The molecule has 0 saturated heterocycles. The molecule has 0 aliphatic carbocycles. The van der Waals surface area contributed by atoms with Crippen molar-refractivity contribution in [1.82, 2.24) is 5.32 Å². The minimum atomic E-state index is -0.847. The number of carbonyl (C=O) groups is 2. The van der Waals surface area contributed by atoms with E-state index in [1.807, 2.05) is 6.08 Å². The molecule has 6 heteroatoms. The number of unbranched alkanes of at least 4 members (excludes halogenated alkanes) is 48. The summed E-state index contributed by atoms with van der Waals surface area (Å²) in [4.78, 5) is 24.5. The average molecular weight is 1010 g/mol. The molecule has 0 bridgehead atoms. The van der Waals surface area contributed by atoms with Crippen molar-refractivity contribution in [2.75, 3.05) is 13.2 Å². The third-order valence-electron chi connectivity index (χ3n) is 15.2. The Kier molecular flexibility index (Phi) is 60.5. The molecule has 0 fully saturated rings. The molecule has 72 heavy (non-hydrogen) atoms. The smallest absolute Gasteiger partial charge is 0.305 e. The summed E-state index contributed by atoms with van der Waals surface area (Å²) in [6.45, 7) is 4.93. The zero-order chi connectivity index (χ0) is 52.2. The van der Waals surface area contributed by atoms with Crippen LogP contribution in [0.3, 0.4) is 0 Å². The van der Waals surface area contributed by atoms with Gasteiger partial charge in [-0.25, -0.2) is 0 Å². The Balaban J connectivity index is 3.40. The minimum Gasteiger partial charge on any atom is -0.466 e. The molecule has 3 N–H and O–H groups in total. The van der Waals surface area contributed by atoms with Crippen LogP contribution in [0.1, 0.15) is 361 Å². The number of nitrogens with one attached hydrogen (secondary N) is 1. The Labute approximate surface area is 450 Å². The summed E-state index contributed by atoms with van der Waals surface area (Å²) in [6.07, 6.45) is 76.6. The van der Waals surface area contributed by atoms with Gasteiger partial charge in [-0.1, -0.05) is 314 Å². The third-order valence-corrected chi connectivity index (χ3v) is 15.2. The fourth-order valence-corrected chi connectivity index (χ4v) is 10.2. The van der Waals surface area contributed by atoms with Gasteiger partial charge in [-0.05, 0) is 57.8 Å². The van der Waals surface area contributed by atoms with E-state index < -0.39 is 12.1 Å². The lowest BCUT2D eigenvalue weighted by atomic mass is 10.0. The lowest BCUT2D eigenvalue weighted by Crippen LogP contribution is -2.45. The van der Waals surface area contributed by atoms with E-state index in [9.17, 15) is 19.8 Å². The molecule has 0 aromatic heterocycles. The van der Waals surface area contributed by atoms with E-state index in [1.54, 1.807) is 6.08 Å². The van der Waals surface area contributed by atoms with Gasteiger partial charge in [0.1, 0.15) is 0 Å². The molecule has 0 aliphatic rings. The van der Waals surface area contributed by atoms with E-state index >= 15 is 0 Å². The average Bonchev–Trinajstić information content (AvgIpc) is 3.38. The number of hydrogen-bond donors (Lipinski definition) is 3. The van der Waals surface area contributed by atoms with E-state index in [-0.39, 0.29) is 18.5 Å². The van der Waals surface area contributed by atoms with Gasteiger partial charge in [0.15, 0.2) is 0 Å². The van der Waals surface area contributed by atoms with E-state index in [1.165, 1.54) is 295 Å². The molecule has 0 aromatic carbocycles. The highest BCUT2D eigenvalue weighted by Gasteiger charge is 2.18. The summed E-state index contributed by atoms with van der Waals surface area (Å²) in [6, 6.07) is -0.631. The third kappa shape index (κ3) is 57.6. The van der Waals surface area contributed by atoms with Crippen LogP contribution in [0.2, 0.25) is 0 Å². The van der Waals surface area contributed by atoms with Crippen molar-refractivity contribution in [1.29, 1.82) is 0 Å². The normalized spacial score (nSPS) is 12.7. The second kappa shape index (κ2) is 61.9. The lowest BCUT2D eigenvalue weighted by molar-refractivity contribution is -0.143. The number of aliphatic hydroxyl groups is 2. The molecular weight excluding hydrogens is 887 g/mol. The maximum atomic E-state index is 12.5. The van der Waals surface area contributed by atoms with Gasteiger partial charge in [0.25, 0.3) is 0 Å². The fraction of sp³-hybridized carbons (Fsp3) is 0.909. The number of hydrogen-bond acceptors (Lipinski definition) is 5. The Morgan fingerprint density at radius 3 is 0.986 bits per heavy atom. The predicted octanol–water partition coefficient (Wildman–Crippen LogP) is 20.6. The molecular formula is C66H127NO5. The molecule has 2 unspecified atom stereocenters. The summed E-state index contributed by atoms with van der Waals surface area (Å²) < 4.78 is 5.50. The standard InChI is InChI=1S/C66H127NO5/c1-3-5-7-9-11-13-15-17-19-32-36-40-44-48-52-56-60-66(71)72-61-57-53-49-45-41-37-33-29-27-25-23-21-20-22-24-26-28-31-35-39-43-47-51-55-59-65(70)67-63(62-68)64(69)58-54-50-46-42-38-34-30-18-16-14-12-10-8-6-4-2/h22,24,54,58,63-64,68-69H,3-21,23,25-53,55-57,59-62H2,1-2H3,(H,67,70)/b24-22-,58-54+. The molecule has 0 radical (unpaired) electrons. The topological polar surface area (TPSA) is 95.9 Å². The summed E-state index contributed by atoms with van der Waals surface area (Å²) in [5, 5.41) is 23.1. The van der Waals surface area contributed by atoms with Crippen LogP contribution in [0.25, 0.3) is 0 Å². The number of carbonyl (C=O) groups excluding carboxylic acids is 2. The molecule has 0 spiro atoms. The van der Waals surface area contributed by atoms with Crippen molar-refractivity contribution in [2.24, 2.45) is 0 Å². The van der Waals surface area contributed by atoms with Gasteiger partial charge in [-0.3, -0.25) is 9.59 Å². The number of esters is 1. The highest BCUT2D eigenvalue weighted by Crippen LogP contribution is 2.18. The molecule has 426 valence electrons. The van der Waals surface area contributed by atoms with Crippen molar-refractivity contribution in [2.45, 2.75) is 373 Å². The summed E-state index contributed by atoms with van der Waals surface area (Å²) in [5.41, 5.74) is 0. The van der Waals surface area contributed by atoms with Gasteiger partial charge in [0, 0.05) is 12.8 Å². The number of allylic oxidation sites excluding steroid dienone is 3. The first kappa shape index (κ1) is 70.3. The Morgan fingerprint density at radius 1 is 0.375 bits per heavy atom. The predicted molar refractivity (Wildman–Crippen MR) is 315 cm³/mol. The fourth-order valence-electron chi connectivity index (χ4n) is 10.2. The Morgan fingerprint density at radius 2 is 0.653 bits per heavy atom. The van der Waals surface area contributed by atoms with Crippen LogP contribution in [0.4, 0.5) is 0 Å². The molecule has 2 atom stereocenters. The van der Waals surface area contributed by atoms with Gasteiger partial charge in [0.2, 0.25) is 5.91 Å². The Hall–Kier alpha value is -1.66. The van der Waals surface area contributed by atoms with Crippen molar-refractivity contribution in [3.05, 3.63) is 24.3 Å². The first-order valence-electron chi connectivity index (χ1n) is 32.6. The highest BCUT2D eigenvalue weighted by molar-refractivity contribution is 5.76. The number of ether oxygens (including phenoxy) is 1. The van der Waals surface area contributed by atoms with Crippen molar-refractivity contribution >= 4 is 11.9 Å².